The highest BCUT2D eigenvalue weighted by molar-refractivity contribution is 7.99. The maximum Gasteiger partial charge on any atom is 0.258 e. The van der Waals surface area contributed by atoms with Crippen molar-refractivity contribution in [3.05, 3.63) is 48.2 Å². The minimum atomic E-state index is -0.829. The smallest absolute Gasteiger partial charge is 0.258 e. The van der Waals surface area contributed by atoms with Crippen LogP contribution in [0, 0.1) is 11.6 Å². The number of pyridine rings is 1. The fourth-order valence-electron chi connectivity index (χ4n) is 1.73. The van der Waals surface area contributed by atoms with Crippen molar-refractivity contribution in [1.82, 2.24) is 9.97 Å². The van der Waals surface area contributed by atoms with Crippen molar-refractivity contribution >= 4 is 34.6 Å². The van der Waals surface area contributed by atoms with Gasteiger partial charge < -0.3 is 9.73 Å². The molecule has 0 aliphatic rings. The SMILES string of the molecule is O=C(CSc1nc2ncccc2o1)Nc1c(F)cccc1F. The number of nitrogens with zero attached hydrogens (tertiary/aromatic N) is 2. The van der Waals surface area contributed by atoms with Crippen LogP contribution in [0.25, 0.3) is 11.2 Å². The van der Waals surface area contributed by atoms with Crippen molar-refractivity contribution in [1.29, 1.82) is 0 Å². The Morgan fingerprint density at radius 3 is 2.73 bits per heavy atom. The van der Waals surface area contributed by atoms with Crippen molar-refractivity contribution in [2.75, 3.05) is 11.1 Å². The Balaban J connectivity index is 1.65. The molecule has 5 nitrogen and oxygen atoms in total. The molecule has 0 bridgehead atoms. The molecule has 0 unspecified atom stereocenters. The number of rotatable bonds is 4. The van der Waals surface area contributed by atoms with E-state index in [4.69, 9.17) is 4.42 Å². The van der Waals surface area contributed by atoms with Crippen LogP contribution in [-0.4, -0.2) is 21.6 Å². The second-order valence-electron chi connectivity index (χ2n) is 4.24. The summed E-state index contributed by atoms with van der Waals surface area (Å²) in [4.78, 5) is 19.8. The molecular formula is C14H9F2N3O2S. The summed E-state index contributed by atoms with van der Waals surface area (Å²) in [5.74, 6) is -2.32. The summed E-state index contributed by atoms with van der Waals surface area (Å²) in [6.07, 6.45) is 1.58. The molecule has 1 aromatic carbocycles. The quantitative estimate of drug-likeness (QED) is 0.747. The largest absolute Gasteiger partial charge is 0.430 e. The number of benzene rings is 1. The molecule has 3 aromatic rings. The van der Waals surface area contributed by atoms with Crippen molar-refractivity contribution in [2.45, 2.75) is 5.22 Å². The van der Waals surface area contributed by atoms with Crippen molar-refractivity contribution in [3.8, 4) is 0 Å². The maximum atomic E-state index is 13.4. The zero-order valence-electron chi connectivity index (χ0n) is 11.0. The Kier molecular flexibility index (Phi) is 4.01. The number of amides is 1. The van der Waals surface area contributed by atoms with E-state index in [-0.39, 0.29) is 11.0 Å². The van der Waals surface area contributed by atoms with Gasteiger partial charge in [-0.25, -0.2) is 13.8 Å². The average Bonchev–Trinajstić information content (AvgIpc) is 2.92. The predicted molar refractivity (Wildman–Crippen MR) is 77.5 cm³/mol. The van der Waals surface area contributed by atoms with Crippen LogP contribution in [0.3, 0.4) is 0 Å². The number of nitrogens with one attached hydrogen (secondary N) is 1. The normalized spacial score (nSPS) is 10.8. The predicted octanol–water partition coefficient (Wildman–Crippen LogP) is 3.23. The third kappa shape index (κ3) is 3.06. The number of oxazole rings is 1. The van der Waals surface area contributed by atoms with Crippen LogP contribution < -0.4 is 5.32 Å². The van der Waals surface area contributed by atoms with Gasteiger partial charge in [-0.3, -0.25) is 4.79 Å². The molecule has 0 saturated heterocycles. The second-order valence-corrected chi connectivity index (χ2v) is 5.17. The van der Waals surface area contributed by atoms with E-state index < -0.39 is 23.2 Å². The lowest BCUT2D eigenvalue weighted by molar-refractivity contribution is -0.113. The first-order valence-corrected chi connectivity index (χ1v) is 7.20. The molecule has 1 amide bonds. The Labute approximate surface area is 127 Å². The van der Waals surface area contributed by atoms with Gasteiger partial charge >= 0.3 is 0 Å². The van der Waals surface area contributed by atoms with Gasteiger partial charge in [-0.2, -0.15) is 4.98 Å². The van der Waals surface area contributed by atoms with E-state index in [1.54, 1.807) is 18.3 Å². The fourth-order valence-corrected chi connectivity index (χ4v) is 2.36. The summed E-state index contributed by atoms with van der Waals surface area (Å²) in [5, 5.41) is 2.45. The highest BCUT2D eigenvalue weighted by atomic mass is 32.2. The summed E-state index contributed by atoms with van der Waals surface area (Å²) in [7, 11) is 0. The summed E-state index contributed by atoms with van der Waals surface area (Å²) in [6, 6.07) is 6.76. The van der Waals surface area contributed by atoms with E-state index in [9.17, 15) is 13.6 Å². The van der Waals surface area contributed by atoms with Crippen molar-refractivity contribution < 1.29 is 18.0 Å². The molecule has 0 aliphatic carbocycles. The summed E-state index contributed by atoms with van der Waals surface area (Å²) < 4.78 is 32.2. The zero-order valence-corrected chi connectivity index (χ0v) is 11.9. The molecule has 0 radical (unpaired) electrons. The van der Waals surface area contributed by atoms with Gasteiger partial charge in [0, 0.05) is 6.20 Å². The molecule has 8 heteroatoms. The van der Waals surface area contributed by atoms with E-state index in [0.29, 0.717) is 11.2 Å². The van der Waals surface area contributed by atoms with Gasteiger partial charge in [-0.1, -0.05) is 17.8 Å². The van der Waals surface area contributed by atoms with Gasteiger partial charge in [0.25, 0.3) is 5.22 Å². The van der Waals surface area contributed by atoms with Crippen LogP contribution in [-0.2, 0) is 4.79 Å². The third-order valence-electron chi connectivity index (χ3n) is 2.70. The minimum absolute atomic E-state index is 0.0966. The summed E-state index contributed by atoms with van der Waals surface area (Å²) >= 11 is 1.01. The molecule has 1 N–H and O–H groups in total. The monoisotopic (exact) mass is 321 g/mol. The first-order valence-electron chi connectivity index (χ1n) is 6.22. The van der Waals surface area contributed by atoms with Crippen molar-refractivity contribution in [3.63, 3.8) is 0 Å². The van der Waals surface area contributed by atoms with E-state index in [0.717, 1.165) is 23.9 Å². The van der Waals surface area contributed by atoms with Crippen LogP contribution in [0.5, 0.6) is 0 Å². The molecule has 0 atom stereocenters. The highest BCUT2D eigenvalue weighted by Gasteiger charge is 2.14. The van der Waals surface area contributed by atoms with Crippen molar-refractivity contribution in [2.24, 2.45) is 0 Å². The molecule has 0 aliphatic heterocycles. The molecular weight excluding hydrogens is 312 g/mol. The summed E-state index contributed by atoms with van der Waals surface area (Å²) in [5.41, 5.74) is 0.475. The van der Waals surface area contributed by atoms with Crippen LogP contribution in [0.15, 0.2) is 46.2 Å². The Morgan fingerprint density at radius 1 is 1.23 bits per heavy atom. The lowest BCUT2D eigenvalue weighted by Crippen LogP contribution is -2.16. The van der Waals surface area contributed by atoms with Gasteiger partial charge in [0.1, 0.15) is 17.3 Å². The van der Waals surface area contributed by atoms with Crippen LogP contribution >= 0.6 is 11.8 Å². The number of carbonyl (C=O) groups excluding carboxylic acids is 1. The van der Waals surface area contributed by atoms with E-state index >= 15 is 0 Å². The lowest BCUT2D eigenvalue weighted by Gasteiger charge is -2.06. The highest BCUT2D eigenvalue weighted by Crippen LogP contribution is 2.23. The standard InChI is InChI=1S/C14H9F2N3O2S/c15-8-3-1-4-9(16)12(8)18-11(20)7-22-14-19-13-10(21-14)5-2-6-17-13/h1-6H,7H2,(H,18,20). The van der Waals surface area contributed by atoms with Gasteiger partial charge in [0.05, 0.1) is 5.75 Å². The Morgan fingerprint density at radius 2 is 2.00 bits per heavy atom. The van der Waals surface area contributed by atoms with Gasteiger partial charge in [0.2, 0.25) is 5.91 Å². The number of fused-ring (bicyclic) bond motifs is 1. The number of thioether (sulfide) groups is 1. The number of para-hydroxylation sites is 1. The number of hydrogen-bond acceptors (Lipinski definition) is 5. The molecule has 0 saturated carbocycles. The van der Waals surface area contributed by atoms with E-state index in [2.05, 4.69) is 15.3 Å². The van der Waals surface area contributed by atoms with Gasteiger partial charge in [0.15, 0.2) is 11.2 Å². The van der Waals surface area contributed by atoms with Crippen LogP contribution in [0.1, 0.15) is 0 Å². The van der Waals surface area contributed by atoms with E-state index in [1.165, 1.54) is 6.07 Å². The number of aromatic nitrogens is 2. The van der Waals surface area contributed by atoms with Crippen LogP contribution in [0.2, 0.25) is 0 Å². The van der Waals surface area contributed by atoms with Gasteiger partial charge in [-0.15, -0.1) is 0 Å². The third-order valence-corrected chi connectivity index (χ3v) is 3.53. The van der Waals surface area contributed by atoms with Crippen LogP contribution in [0.4, 0.5) is 14.5 Å². The topological polar surface area (TPSA) is 68.0 Å². The zero-order chi connectivity index (χ0) is 15.5. The minimum Gasteiger partial charge on any atom is -0.430 e. The average molecular weight is 321 g/mol. The number of anilines is 1. The first-order chi connectivity index (χ1) is 10.6. The lowest BCUT2D eigenvalue weighted by atomic mass is 10.3. The molecule has 0 spiro atoms. The maximum absolute atomic E-state index is 13.4. The number of halogens is 2. The molecule has 112 valence electrons. The molecule has 2 aromatic heterocycles. The summed E-state index contributed by atoms with van der Waals surface area (Å²) in [6.45, 7) is 0. The second kappa shape index (κ2) is 6.10. The molecule has 22 heavy (non-hydrogen) atoms. The molecule has 2 heterocycles. The first kappa shape index (κ1) is 14.5. The fraction of sp³-hybridized carbons (Fsp3) is 0.0714. The Hall–Kier alpha value is -2.48. The number of carbonyl (C=O) groups is 1. The van der Waals surface area contributed by atoms with E-state index in [1.807, 2.05) is 0 Å². The Bertz CT molecular complexity index is 785. The van der Waals surface area contributed by atoms with Gasteiger partial charge in [-0.05, 0) is 24.3 Å². The number of hydrogen-bond donors (Lipinski definition) is 1. The molecule has 0 fully saturated rings. The molecule has 3 rings (SSSR count).